The van der Waals surface area contributed by atoms with Crippen LogP contribution < -0.4 is 5.32 Å². The average Bonchev–Trinajstić information content (AvgIpc) is 2.71. The summed E-state index contributed by atoms with van der Waals surface area (Å²) >= 11 is 0. The molecule has 14 heavy (non-hydrogen) atoms. The molecule has 1 rings (SSSR count). The lowest BCUT2D eigenvalue weighted by molar-refractivity contribution is 0.176. The molecule has 1 aliphatic rings. The third-order valence-corrected chi connectivity index (χ3v) is 3.27. The lowest BCUT2D eigenvalue weighted by atomic mass is 9.94. The predicted molar refractivity (Wildman–Crippen MR) is 60.5 cm³/mol. The van der Waals surface area contributed by atoms with Crippen molar-refractivity contribution >= 4 is 0 Å². The number of nitrogens with one attached hydrogen (secondary N) is 1. The van der Waals surface area contributed by atoms with Crippen molar-refractivity contribution in [3.63, 3.8) is 0 Å². The van der Waals surface area contributed by atoms with Crippen LogP contribution in [0.4, 0.5) is 0 Å². The summed E-state index contributed by atoms with van der Waals surface area (Å²) in [5.74, 6) is 0.765. The van der Waals surface area contributed by atoms with Gasteiger partial charge in [0.1, 0.15) is 0 Å². The van der Waals surface area contributed by atoms with Crippen LogP contribution in [0.3, 0.4) is 0 Å². The highest BCUT2D eigenvalue weighted by Gasteiger charge is 2.23. The van der Waals surface area contributed by atoms with Gasteiger partial charge in [-0.1, -0.05) is 32.6 Å². The van der Waals surface area contributed by atoms with E-state index in [0.29, 0.717) is 6.04 Å². The van der Waals surface area contributed by atoms with Gasteiger partial charge in [0.05, 0.1) is 6.61 Å². The minimum Gasteiger partial charge on any atom is -0.381 e. The zero-order valence-corrected chi connectivity index (χ0v) is 9.72. The Hall–Kier alpha value is -0.0800. The largest absolute Gasteiger partial charge is 0.381 e. The lowest BCUT2D eigenvalue weighted by Gasteiger charge is -2.21. The first-order valence-corrected chi connectivity index (χ1v) is 6.13. The van der Waals surface area contributed by atoms with Gasteiger partial charge in [0.25, 0.3) is 0 Å². The minimum atomic E-state index is 0.689. The Morgan fingerprint density at radius 2 is 2.21 bits per heavy atom. The van der Waals surface area contributed by atoms with Crippen LogP contribution in [0.5, 0.6) is 0 Å². The van der Waals surface area contributed by atoms with Crippen molar-refractivity contribution in [1.29, 1.82) is 0 Å². The zero-order valence-electron chi connectivity index (χ0n) is 9.72. The average molecular weight is 199 g/mol. The molecule has 2 atom stereocenters. The summed E-state index contributed by atoms with van der Waals surface area (Å²) in [6.45, 7) is 4.21. The van der Waals surface area contributed by atoms with Gasteiger partial charge in [0, 0.05) is 12.6 Å². The third-order valence-electron chi connectivity index (χ3n) is 3.27. The van der Waals surface area contributed by atoms with Crippen molar-refractivity contribution in [2.24, 2.45) is 5.92 Å². The van der Waals surface area contributed by atoms with Crippen LogP contribution in [0.15, 0.2) is 0 Å². The Labute approximate surface area is 88.4 Å². The second-order valence-electron chi connectivity index (χ2n) is 4.37. The number of hydrogen-bond donors (Lipinski definition) is 1. The molecule has 2 unspecified atom stereocenters. The topological polar surface area (TPSA) is 21.3 Å². The van der Waals surface area contributed by atoms with Crippen LogP contribution in [-0.4, -0.2) is 26.3 Å². The quantitative estimate of drug-likeness (QED) is 0.636. The Morgan fingerprint density at radius 1 is 1.36 bits per heavy atom. The monoisotopic (exact) mass is 199 g/mol. The lowest BCUT2D eigenvalue weighted by Crippen LogP contribution is -2.33. The van der Waals surface area contributed by atoms with Crippen molar-refractivity contribution in [2.75, 3.05) is 20.3 Å². The van der Waals surface area contributed by atoms with Gasteiger partial charge in [-0.05, 0) is 25.8 Å². The second kappa shape index (κ2) is 7.24. The molecule has 0 aromatic heterocycles. The van der Waals surface area contributed by atoms with Gasteiger partial charge < -0.3 is 10.1 Å². The fraction of sp³-hybridized carbons (Fsp3) is 1.00. The number of unbranched alkanes of at least 4 members (excludes halogenated alkanes) is 3. The van der Waals surface area contributed by atoms with Crippen LogP contribution in [-0.2, 0) is 4.74 Å². The van der Waals surface area contributed by atoms with Crippen molar-refractivity contribution in [3.8, 4) is 0 Å². The van der Waals surface area contributed by atoms with Crippen molar-refractivity contribution in [2.45, 2.75) is 51.5 Å². The van der Waals surface area contributed by atoms with E-state index in [1.165, 1.54) is 38.5 Å². The van der Waals surface area contributed by atoms with Gasteiger partial charge in [-0.3, -0.25) is 0 Å². The molecule has 0 aliphatic carbocycles. The summed E-state index contributed by atoms with van der Waals surface area (Å²) in [7, 11) is 2.09. The molecule has 1 aliphatic heterocycles. The standard InChI is InChI=1S/C12H25NO/c1-3-4-5-6-7-12(13-2)11-8-9-14-10-11/h11-13H,3-10H2,1-2H3. The Kier molecular flexibility index (Phi) is 6.20. The molecule has 0 aromatic carbocycles. The predicted octanol–water partition coefficient (Wildman–Crippen LogP) is 2.58. The van der Waals surface area contributed by atoms with Gasteiger partial charge in [-0.25, -0.2) is 0 Å². The molecular weight excluding hydrogens is 174 g/mol. The van der Waals surface area contributed by atoms with Crippen LogP contribution >= 0.6 is 0 Å². The molecule has 0 amide bonds. The summed E-state index contributed by atoms with van der Waals surface area (Å²) in [5.41, 5.74) is 0. The first-order valence-electron chi connectivity index (χ1n) is 6.13. The van der Waals surface area contributed by atoms with Crippen LogP contribution in [0.25, 0.3) is 0 Å². The van der Waals surface area contributed by atoms with Gasteiger partial charge in [0.15, 0.2) is 0 Å². The number of hydrogen-bond acceptors (Lipinski definition) is 2. The molecule has 0 saturated carbocycles. The van der Waals surface area contributed by atoms with E-state index in [1.54, 1.807) is 0 Å². The maximum atomic E-state index is 5.43. The van der Waals surface area contributed by atoms with Crippen molar-refractivity contribution in [1.82, 2.24) is 5.32 Å². The van der Waals surface area contributed by atoms with Gasteiger partial charge in [-0.2, -0.15) is 0 Å². The van der Waals surface area contributed by atoms with Crippen LogP contribution in [0, 0.1) is 5.92 Å². The van der Waals surface area contributed by atoms with E-state index in [1.807, 2.05) is 0 Å². The fourth-order valence-electron chi connectivity index (χ4n) is 2.28. The highest BCUT2D eigenvalue weighted by molar-refractivity contribution is 4.78. The summed E-state index contributed by atoms with van der Waals surface area (Å²) in [4.78, 5) is 0. The van der Waals surface area contributed by atoms with Gasteiger partial charge in [0.2, 0.25) is 0 Å². The minimum absolute atomic E-state index is 0.689. The molecule has 0 aromatic rings. The van der Waals surface area contributed by atoms with Crippen LogP contribution in [0.2, 0.25) is 0 Å². The molecule has 0 radical (unpaired) electrons. The van der Waals surface area contributed by atoms with E-state index in [9.17, 15) is 0 Å². The molecule has 1 N–H and O–H groups in total. The molecule has 0 spiro atoms. The molecule has 1 heterocycles. The maximum Gasteiger partial charge on any atom is 0.0509 e. The molecule has 1 fully saturated rings. The van der Waals surface area contributed by atoms with E-state index < -0.39 is 0 Å². The molecule has 2 heteroatoms. The Bertz CT molecular complexity index is 132. The summed E-state index contributed by atoms with van der Waals surface area (Å²) in [6.07, 6.45) is 8.05. The Morgan fingerprint density at radius 3 is 2.79 bits per heavy atom. The number of ether oxygens (including phenoxy) is 1. The van der Waals surface area contributed by atoms with E-state index in [4.69, 9.17) is 4.74 Å². The van der Waals surface area contributed by atoms with Gasteiger partial charge >= 0.3 is 0 Å². The first-order chi connectivity index (χ1) is 6.88. The third kappa shape index (κ3) is 3.97. The maximum absolute atomic E-state index is 5.43. The van der Waals surface area contributed by atoms with E-state index in [0.717, 1.165) is 19.1 Å². The second-order valence-corrected chi connectivity index (χ2v) is 4.37. The van der Waals surface area contributed by atoms with Crippen molar-refractivity contribution in [3.05, 3.63) is 0 Å². The first kappa shape index (κ1) is 12.0. The number of rotatable bonds is 7. The molecule has 84 valence electrons. The molecule has 0 bridgehead atoms. The summed E-state index contributed by atoms with van der Waals surface area (Å²) in [6, 6.07) is 0.689. The SMILES string of the molecule is CCCCCCC(NC)C1CCOC1. The molecular formula is C12H25NO. The smallest absolute Gasteiger partial charge is 0.0509 e. The van der Waals surface area contributed by atoms with Crippen LogP contribution in [0.1, 0.15) is 45.4 Å². The zero-order chi connectivity index (χ0) is 10.2. The Balaban J connectivity index is 2.11. The highest BCUT2D eigenvalue weighted by Crippen LogP contribution is 2.20. The van der Waals surface area contributed by atoms with E-state index >= 15 is 0 Å². The van der Waals surface area contributed by atoms with Gasteiger partial charge in [-0.15, -0.1) is 0 Å². The molecule has 1 saturated heterocycles. The van der Waals surface area contributed by atoms with Crippen molar-refractivity contribution < 1.29 is 4.74 Å². The van der Waals surface area contributed by atoms with E-state index in [2.05, 4.69) is 19.3 Å². The summed E-state index contributed by atoms with van der Waals surface area (Å²) in [5, 5.41) is 3.44. The normalized spacial score (nSPS) is 24.0. The fourth-order valence-corrected chi connectivity index (χ4v) is 2.28. The van der Waals surface area contributed by atoms with E-state index in [-0.39, 0.29) is 0 Å². The highest BCUT2D eigenvalue weighted by atomic mass is 16.5. The summed E-state index contributed by atoms with van der Waals surface area (Å²) < 4.78 is 5.43. The molecule has 2 nitrogen and oxygen atoms in total.